The summed E-state index contributed by atoms with van der Waals surface area (Å²) in [4.78, 5) is 15.2. The van der Waals surface area contributed by atoms with E-state index in [2.05, 4.69) is 64.0 Å². The molecule has 0 aliphatic heterocycles. The highest BCUT2D eigenvalue weighted by Crippen LogP contribution is 2.39. The molecule has 0 aliphatic rings. The molecule has 6 nitrogen and oxygen atoms in total. The maximum Gasteiger partial charge on any atom is 0.295 e. The number of ether oxygens (including phenoxy) is 1. The number of nitrogens with zero attached hydrogens (tertiary/aromatic N) is 2. The zero-order valence-corrected chi connectivity index (χ0v) is 20.5. The Morgan fingerprint density at radius 3 is 2.41 bits per heavy atom. The van der Waals surface area contributed by atoms with Crippen molar-refractivity contribution >= 4 is 38.4 Å². The Morgan fingerprint density at radius 2 is 1.76 bits per heavy atom. The normalized spacial score (nSPS) is 11.9. The number of carbonyl (C=O) groups is 1. The fourth-order valence-corrected chi connectivity index (χ4v) is 3.94. The first-order valence-electron chi connectivity index (χ1n) is 10.6. The van der Waals surface area contributed by atoms with E-state index in [9.17, 15) is 14.3 Å². The first-order chi connectivity index (χ1) is 16.1. The molecule has 1 amide bonds. The van der Waals surface area contributed by atoms with E-state index in [-0.39, 0.29) is 17.0 Å². The average Bonchev–Trinajstić information content (AvgIpc) is 3.11. The summed E-state index contributed by atoms with van der Waals surface area (Å²) >= 11 is 3.23. The number of amides is 1. The third-order valence-corrected chi connectivity index (χ3v) is 5.97. The van der Waals surface area contributed by atoms with Gasteiger partial charge >= 0.3 is 0 Å². The van der Waals surface area contributed by atoms with E-state index in [0.29, 0.717) is 27.5 Å². The van der Waals surface area contributed by atoms with E-state index >= 15 is 0 Å². The van der Waals surface area contributed by atoms with Crippen LogP contribution < -0.4 is 4.74 Å². The first kappa shape index (κ1) is 23.6. The maximum atomic E-state index is 13.7. The fourth-order valence-electron chi connectivity index (χ4n) is 3.41. The van der Waals surface area contributed by atoms with E-state index in [4.69, 9.17) is 4.74 Å². The summed E-state index contributed by atoms with van der Waals surface area (Å²) in [5.41, 5.74) is 2.98. The van der Waals surface area contributed by atoms with Crippen LogP contribution in [-0.2, 0) is 12.0 Å². The molecule has 3 aromatic carbocycles. The van der Waals surface area contributed by atoms with Crippen LogP contribution >= 0.6 is 15.9 Å². The summed E-state index contributed by atoms with van der Waals surface area (Å²) in [7, 11) is 0. The van der Waals surface area contributed by atoms with Crippen LogP contribution in [0.3, 0.4) is 0 Å². The molecule has 0 aliphatic carbocycles. The fraction of sp³-hybridized carbons (Fsp3) is 0.192. The second kappa shape index (κ2) is 9.38. The zero-order chi connectivity index (χ0) is 24.5. The van der Waals surface area contributed by atoms with Gasteiger partial charge < -0.3 is 14.8 Å². The number of benzene rings is 3. The molecule has 1 heterocycles. The Balaban J connectivity index is 1.42. The van der Waals surface area contributed by atoms with Crippen molar-refractivity contribution in [1.29, 1.82) is 0 Å². The van der Waals surface area contributed by atoms with Gasteiger partial charge in [-0.1, -0.05) is 45.0 Å². The number of aromatic nitrogens is 1. The highest BCUT2D eigenvalue weighted by Gasteiger charge is 2.15. The molecule has 1 aromatic heterocycles. The molecule has 0 atom stereocenters. The molecular weight excluding hydrogens is 501 g/mol. The monoisotopic (exact) mass is 523 g/mol. The summed E-state index contributed by atoms with van der Waals surface area (Å²) in [6.45, 7) is 6.84. The number of hydrogen-bond acceptors (Lipinski definition) is 4. The third kappa shape index (κ3) is 5.17. The SMILES string of the molecule is CC(C)(C)c1ccc(OCc2ccc(C(=O)N=Nc3c(O)[nH]c4c(Br)cc(F)cc34)cc2)cc1. The molecule has 0 unspecified atom stereocenters. The van der Waals surface area contributed by atoms with Gasteiger partial charge in [-0.05, 0) is 68.9 Å². The van der Waals surface area contributed by atoms with Crippen molar-refractivity contribution in [3.8, 4) is 11.6 Å². The molecule has 0 saturated carbocycles. The van der Waals surface area contributed by atoms with Crippen molar-refractivity contribution in [2.75, 3.05) is 0 Å². The lowest BCUT2D eigenvalue weighted by Gasteiger charge is -2.19. The lowest BCUT2D eigenvalue weighted by Crippen LogP contribution is -2.10. The van der Waals surface area contributed by atoms with E-state index in [1.165, 1.54) is 17.7 Å². The van der Waals surface area contributed by atoms with Crippen molar-refractivity contribution in [2.45, 2.75) is 32.8 Å². The average molecular weight is 524 g/mol. The van der Waals surface area contributed by atoms with Gasteiger partial charge in [-0.2, -0.15) is 0 Å². The minimum absolute atomic E-state index is 0.00829. The van der Waals surface area contributed by atoms with Crippen molar-refractivity contribution in [3.05, 3.63) is 87.6 Å². The van der Waals surface area contributed by atoms with Gasteiger partial charge in [0.15, 0.2) is 5.69 Å². The van der Waals surface area contributed by atoms with Gasteiger partial charge in [0.05, 0.1) is 5.52 Å². The second-order valence-electron chi connectivity index (χ2n) is 8.90. The number of fused-ring (bicyclic) bond motifs is 1. The number of aromatic amines is 1. The minimum atomic E-state index is -0.588. The van der Waals surface area contributed by atoms with Crippen LogP contribution in [0.2, 0.25) is 0 Å². The summed E-state index contributed by atoms with van der Waals surface area (Å²) in [5.74, 6) is -0.636. The highest BCUT2D eigenvalue weighted by molar-refractivity contribution is 9.10. The summed E-state index contributed by atoms with van der Waals surface area (Å²) in [5, 5.41) is 18.0. The molecule has 4 rings (SSSR count). The molecular formula is C26H23BrFN3O3. The number of carbonyl (C=O) groups excluding carboxylic acids is 1. The van der Waals surface area contributed by atoms with Crippen LogP contribution in [0.5, 0.6) is 11.6 Å². The van der Waals surface area contributed by atoms with Crippen molar-refractivity contribution in [3.63, 3.8) is 0 Å². The number of nitrogens with one attached hydrogen (secondary N) is 1. The Hall–Kier alpha value is -3.52. The number of azo groups is 1. The van der Waals surface area contributed by atoms with E-state index in [1.54, 1.807) is 24.3 Å². The molecule has 0 fully saturated rings. The Kier molecular flexibility index (Phi) is 6.52. The van der Waals surface area contributed by atoms with Crippen LogP contribution in [0.1, 0.15) is 42.3 Å². The molecule has 2 N–H and O–H groups in total. The highest BCUT2D eigenvalue weighted by atomic mass is 79.9. The topological polar surface area (TPSA) is 87.0 Å². The molecule has 174 valence electrons. The standard InChI is InChI=1S/C26H23BrFN3O3/c1-26(2,3)17-8-10-19(11-9-17)34-14-15-4-6-16(7-5-15)24(32)31-30-23-20-12-18(28)13-21(27)22(20)29-25(23)33/h4-13,29,33H,14H2,1-3H3. The van der Waals surface area contributed by atoms with Gasteiger partial charge in [-0.25, -0.2) is 4.39 Å². The zero-order valence-electron chi connectivity index (χ0n) is 18.9. The molecule has 4 aromatic rings. The van der Waals surface area contributed by atoms with Gasteiger partial charge in [0.25, 0.3) is 5.91 Å². The smallest absolute Gasteiger partial charge is 0.295 e. The van der Waals surface area contributed by atoms with E-state index in [0.717, 1.165) is 11.3 Å². The van der Waals surface area contributed by atoms with Gasteiger partial charge in [-0.15, -0.1) is 10.2 Å². The van der Waals surface area contributed by atoms with Gasteiger partial charge in [0, 0.05) is 15.4 Å². The number of aromatic hydroxyl groups is 1. The molecule has 34 heavy (non-hydrogen) atoms. The third-order valence-electron chi connectivity index (χ3n) is 5.35. The van der Waals surface area contributed by atoms with Crippen LogP contribution in [0, 0.1) is 5.82 Å². The molecule has 0 radical (unpaired) electrons. The van der Waals surface area contributed by atoms with Crippen LogP contribution in [-0.4, -0.2) is 16.0 Å². The van der Waals surface area contributed by atoms with Gasteiger partial charge in [0.1, 0.15) is 18.2 Å². The predicted molar refractivity (Wildman–Crippen MR) is 132 cm³/mol. The minimum Gasteiger partial charge on any atom is -0.493 e. The first-order valence-corrected chi connectivity index (χ1v) is 11.4. The number of H-pyrrole nitrogens is 1. The van der Waals surface area contributed by atoms with Crippen LogP contribution in [0.4, 0.5) is 10.1 Å². The van der Waals surface area contributed by atoms with Gasteiger partial charge in [-0.3, -0.25) is 4.79 Å². The Bertz CT molecular complexity index is 1370. The molecule has 0 bridgehead atoms. The largest absolute Gasteiger partial charge is 0.493 e. The molecule has 0 saturated heterocycles. The van der Waals surface area contributed by atoms with E-state index < -0.39 is 11.7 Å². The maximum absolute atomic E-state index is 13.7. The van der Waals surface area contributed by atoms with Gasteiger partial charge in [0.2, 0.25) is 5.88 Å². The van der Waals surface area contributed by atoms with Crippen LogP contribution in [0.15, 0.2) is 75.4 Å². The lowest BCUT2D eigenvalue weighted by molar-refractivity contribution is 0.0995. The molecule has 0 spiro atoms. The number of halogens is 2. The second-order valence-corrected chi connectivity index (χ2v) is 9.75. The summed E-state index contributed by atoms with van der Waals surface area (Å²) in [6.07, 6.45) is 0. The lowest BCUT2D eigenvalue weighted by atomic mass is 9.87. The van der Waals surface area contributed by atoms with E-state index in [1.807, 2.05) is 12.1 Å². The predicted octanol–water partition coefficient (Wildman–Crippen LogP) is 7.58. The Labute approximate surface area is 204 Å². The van der Waals surface area contributed by atoms with Crippen LogP contribution in [0.25, 0.3) is 10.9 Å². The number of rotatable bonds is 5. The van der Waals surface area contributed by atoms with Crippen molar-refractivity contribution in [1.82, 2.24) is 4.98 Å². The van der Waals surface area contributed by atoms with Crippen molar-refractivity contribution < 1.29 is 19.0 Å². The molecule has 8 heteroatoms. The quantitative estimate of drug-likeness (QED) is 0.264. The Morgan fingerprint density at radius 1 is 1.09 bits per heavy atom. The summed E-state index contributed by atoms with van der Waals surface area (Å²) < 4.78 is 20.0. The van der Waals surface area contributed by atoms with Crippen molar-refractivity contribution in [2.24, 2.45) is 10.2 Å². The summed E-state index contributed by atoms with van der Waals surface area (Å²) in [6, 6.07) is 17.3. The number of hydrogen-bond donors (Lipinski definition) is 2.